The van der Waals surface area contributed by atoms with Crippen molar-refractivity contribution in [3.63, 3.8) is 0 Å². The summed E-state index contributed by atoms with van der Waals surface area (Å²) in [4.78, 5) is 11.1. The first kappa shape index (κ1) is 8.28. The summed E-state index contributed by atoms with van der Waals surface area (Å²) in [6, 6.07) is 0. The summed E-state index contributed by atoms with van der Waals surface area (Å²) >= 11 is 0. The molecule has 0 unspecified atom stereocenters. The Balaban J connectivity index is 2.06. The van der Waals surface area contributed by atoms with Crippen molar-refractivity contribution >= 4 is 6.29 Å². The molecule has 2 rings (SSSR count). The van der Waals surface area contributed by atoms with Crippen LogP contribution in [-0.4, -0.2) is 6.29 Å². The minimum Gasteiger partial charge on any atom is -0.303 e. The Hall–Kier alpha value is -0.330. The quantitative estimate of drug-likeness (QED) is 0.455. The third kappa shape index (κ3) is 1.41. The second-order valence-corrected chi connectivity index (χ2v) is 4.54. The van der Waals surface area contributed by atoms with Gasteiger partial charge < -0.3 is 4.79 Å². The molecule has 2 saturated carbocycles. The van der Waals surface area contributed by atoms with Crippen molar-refractivity contribution < 1.29 is 4.79 Å². The van der Waals surface area contributed by atoms with Crippen LogP contribution in [0.25, 0.3) is 0 Å². The molecule has 0 aliphatic heterocycles. The number of hydrogen-bond donors (Lipinski definition) is 0. The van der Waals surface area contributed by atoms with Gasteiger partial charge in [-0.3, -0.25) is 0 Å². The molecule has 2 aliphatic rings. The Kier molecular flexibility index (Phi) is 2.20. The van der Waals surface area contributed by atoms with Crippen molar-refractivity contribution in [1.82, 2.24) is 0 Å². The highest BCUT2D eigenvalue weighted by Gasteiger charge is 2.44. The van der Waals surface area contributed by atoms with Gasteiger partial charge in [0.1, 0.15) is 6.29 Å². The van der Waals surface area contributed by atoms with E-state index in [2.05, 4.69) is 0 Å². The predicted octanol–water partition coefficient (Wildman–Crippen LogP) is 2.94. The maximum Gasteiger partial charge on any atom is 0.126 e. The molecule has 68 valence electrons. The maximum absolute atomic E-state index is 11.1. The number of carbonyl (C=O) groups excluding carboxylic acids is 1. The molecule has 0 aromatic rings. The van der Waals surface area contributed by atoms with Crippen molar-refractivity contribution in [2.45, 2.75) is 51.4 Å². The van der Waals surface area contributed by atoms with Gasteiger partial charge in [-0.25, -0.2) is 0 Å². The molecule has 2 fully saturated rings. The molecule has 0 atom stereocenters. The van der Waals surface area contributed by atoms with Crippen LogP contribution in [-0.2, 0) is 4.79 Å². The molecule has 0 spiro atoms. The maximum atomic E-state index is 11.1. The molecule has 1 nitrogen and oxygen atoms in total. The molecule has 2 aliphatic carbocycles. The molecule has 0 N–H and O–H groups in total. The van der Waals surface area contributed by atoms with Gasteiger partial charge in [0.2, 0.25) is 0 Å². The Bertz CT molecular complexity index is 162. The van der Waals surface area contributed by atoms with E-state index in [0.29, 0.717) is 0 Å². The fourth-order valence-electron chi connectivity index (χ4n) is 2.67. The lowest BCUT2D eigenvalue weighted by Gasteiger charge is -2.25. The van der Waals surface area contributed by atoms with E-state index in [4.69, 9.17) is 0 Å². The van der Waals surface area contributed by atoms with Crippen LogP contribution in [0.1, 0.15) is 51.4 Å². The van der Waals surface area contributed by atoms with Crippen LogP contribution in [0, 0.1) is 11.3 Å². The van der Waals surface area contributed by atoms with Gasteiger partial charge in [0, 0.05) is 5.41 Å². The molecule has 0 bridgehead atoms. The summed E-state index contributed by atoms with van der Waals surface area (Å²) in [6.07, 6.45) is 11.6. The Morgan fingerprint density at radius 2 is 1.58 bits per heavy atom. The molecule has 0 saturated heterocycles. The number of rotatable bonds is 2. The van der Waals surface area contributed by atoms with Crippen molar-refractivity contribution in [1.29, 1.82) is 0 Å². The van der Waals surface area contributed by atoms with Crippen LogP contribution in [0.5, 0.6) is 0 Å². The molecule has 12 heavy (non-hydrogen) atoms. The lowest BCUT2D eigenvalue weighted by atomic mass is 9.77. The minimum absolute atomic E-state index is 0.135. The number of carbonyl (C=O) groups is 1. The van der Waals surface area contributed by atoms with E-state index >= 15 is 0 Å². The van der Waals surface area contributed by atoms with Crippen molar-refractivity contribution in [3.05, 3.63) is 0 Å². The Morgan fingerprint density at radius 1 is 1.00 bits per heavy atom. The molecule has 1 heteroatoms. The van der Waals surface area contributed by atoms with Gasteiger partial charge in [-0.05, 0) is 31.6 Å². The molecule has 0 amide bonds. The van der Waals surface area contributed by atoms with Crippen molar-refractivity contribution in [3.8, 4) is 0 Å². The van der Waals surface area contributed by atoms with Crippen LogP contribution in [0.3, 0.4) is 0 Å². The van der Waals surface area contributed by atoms with Crippen molar-refractivity contribution in [2.24, 2.45) is 11.3 Å². The first-order chi connectivity index (χ1) is 5.87. The van der Waals surface area contributed by atoms with E-state index in [9.17, 15) is 4.79 Å². The van der Waals surface area contributed by atoms with E-state index in [1.165, 1.54) is 57.7 Å². The number of hydrogen-bond acceptors (Lipinski definition) is 1. The van der Waals surface area contributed by atoms with E-state index in [-0.39, 0.29) is 5.41 Å². The third-order valence-corrected chi connectivity index (χ3v) is 3.66. The van der Waals surface area contributed by atoms with Crippen LogP contribution < -0.4 is 0 Å². The van der Waals surface area contributed by atoms with Gasteiger partial charge in [-0.2, -0.15) is 0 Å². The summed E-state index contributed by atoms with van der Waals surface area (Å²) in [7, 11) is 0. The van der Waals surface area contributed by atoms with E-state index < -0.39 is 0 Å². The van der Waals surface area contributed by atoms with Gasteiger partial charge in [-0.1, -0.05) is 25.7 Å². The number of aldehydes is 1. The zero-order chi connectivity index (χ0) is 8.44. The van der Waals surface area contributed by atoms with Gasteiger partial charge in [0.25, 0.3) is 0 Å². The fraction of sp³-hybridized carbons (Fsp3) is 0.909. The normalized spacial score (nSPS) is 29.3. The fourth-order valence-corrected chi connectivity index (χ4v) is 2.67. The third-order valence-electron chi connectivity index (χ3n) is 3.66. The van der Waals surface area contributed by atoms with Gasteiger partial charge in [-0.15, -0.1) is 0 Å². The zero-order valence-corrected chi connectivity index (χ0v) is 7.72. The zero-order valence-electron chi connectivity index (χ0n) is 7.72. The van der Waals surface area contributed by atoms with Crippen LogP contribution in [0.4, 0.5) is 0 Å². The second-order valence-electron chi connectivity index (χ2n) is 4.54. The standard InChI is InChI=1S/C11H18O/c12-9-11(10-5-6-10)7-3-1-2-4-8-11/h9-10H,1-8H2. The highest BCUT2D eigenvalue weighted by atomic mass is 16.1. The highest BCUT2D eigenvalue weighted by molar-refractivity contribution is 5.60. The van der Waals surface area contributed by atoms with Gasteiger partial charge in [0.05, 0.1) is 0 Å². The molecule has 0 aromatic heterocycles. The van der Waals surface area contributed by atoms with Gasteiger partial charge >= 0.3 is 0 Å². The van der Waals surface area contributed by atoms with Crippen molar-refractivity contribution in [2.75, 3.05) is 0 Å². The molecule has 0 radical (unpaired) electrons. The molecular formula is C11H18O. The summed E-state index contributed by atoms with van der Waals surface area (Å²) in [5, 5.41) is 0. The van der Waals surface area contributed by atoms with Crippen LogP contribution in [0.15, 0.2) is 0 Å². The second kappa shape index (κ2) is 3.20. The van der Waals surface area contributed by atoms with Gasteiger partial charge in [0.15, 0.2) is 0 Å². The molecule has 0 heterocycles. The smallest absolute Gasteiger partial charge is 0.126 e. The largest absolute Gasteiger partial charge is 0.303 e. The SMILES string of the molecule is O=CC1(C2CC2)CCCCCC1. The topological polar surface area (TPSA) is 17.1 Å². The Labute approximate surface area is 74.5 Å². The van der Waals surface area contributed by atoms with E-state index in [1.54, 1.807) is 0 Å². The summed E-state index contributed by atoms with van der Waals surface area (Å²) < 4.78 is 0. The minimum atomic E-state index is 0.135. The first-order valence-corrected chi connectivity index (χ1v) is 5.34. The average molecular weight is 166 g/mol. The molecule has 0 aromatic carbocycles. The Morgan fingerprint density at radius 3 is 2.00 bits per heavy atom. The lowest BCUT2D eigenvalue weighted by molar-refractivity contribution is -0.118. The monoisotopic (exact) mass is 166 g/mol. The summed E-state index contributed by atoms with van der Waals surface area (Å²) in [6.45, 7) is 0. The van der Waals surface area contributed by atoms with Crippen LogP contribution in [0.2, 0.25) is 0 Å². The molecular weight excluding hydrogens is 148 g/mol. The van der Waals surface area contributed by atoms with E-state index in [1.807, 2.05) is 0 Å². The lowest BCUT2D eigenvalue weighted by Crippen LogP contribution is -2.24. The predicted molar refractivity (Wildman–Crippen MR) is 48.9 cm³/mol. The summed E-state index contributed by atoms with van der Waals surface area (Å²) in [5.41, 5.74) is 0.135. The summed E-state index contributed by atoms with van der Waals surface area (Å²) in [5.74, 6) is 0.771. The van der Waals surface area contributed by atoms with E-state index in [0.717, 1.165) is 5.92 Å². The van der Waals surface area contributed by atoms with Crippen LogP contribution >= 0.6 is 0 Å². The highest BCUT2D eigenvalue weighted by Crippen LogP contribution is 2.51. The average Bonchev–Trinajstić information content (AvgIpc) is 2.92. The first-order valence-electron chi connectivity index (χ1n) is 5.34.